The summed E-state index contributed by atoms with van der Waals surface area (Å²) in [7, 11) is 0. The minimum atomic E-state index is -0.659. The molecule has 108 valence electrons. The fourth-order valence-electron chi connectivity index (χ4n) is 1.57. The number of hydrogen-bond donors (Lipinski definition) is 2. The molecule has 21 heavy (non-hydrogen) atoms. The Morgan fingerprint density at radius 2 is 2.05 bits per heavy atom. The third-order valence-electron chi connectivity index (χ3n) is 2.56. The molecule has 2 aromatic rings. The first-order valence-electron chi connectivity index (χ1n) is 5.52. The number of thiophene rings is 1. The number of amides is 2. The van der Waals surface area contributed by atoms with E-state index in [0.29, 0.717) is 5.00 Å². The molecule has 7 nitrogen and oxygen atoms in total. The van der Waals surface area contributed by atoms with Crippen molar-refractivity contribution in [2.45, 2.75) is 0 Å². The number of benzene rings is 1. The van der Waals surface area contributed by atoms with Crippen molar-refractivity contribution in [1.29, 1.82) is 0 Å². The van der Waals surface area contributed by atoms with Gasteiger partial charge in [0.25, 0.3) is 17.5 Å². The van der Waals surface area contributed by atoms with Gasteiger partial charge in [-0.3, -0.25) is 19.7 Å². The molecule has 0 saturated heterocycles. The Bertz CT molecular complexity index is 744. The number of nitrogens with two attached hydrogens (primary N) is 1. The molecule has 9 heteroatoms. The fourth-order valence-corrected chi connectivity index (χ4v) is 2.61. The average molecular weight is 326 g/mol. The van der Waals surface area contributed by atoms with Gasteiger partial charge in [-0.1, -0.05) is 11.6 Å². The summed E-state index contributed by atoms with van der Waals surface area (Å²) in [5.41, 5.74) is 5.21. The predicted molar refractivity (Wildman–Crippen MR) is 78.9 cm³/mol. The molecule has 0 aliphatic carbocycles. The fraction of sp³-hybridized carbons (Fsp3) is 0. The van der Waals surface area contributed by atoms with Crippen LogP contribution in [0.5, 0.6) is 0 Å². The highest BCUT2D eigenvalue weighted by Gasteiger charge is 2.17. The summed E-state index contributed by atoms with van der Waals surface area (Å²) >= 11 is 6.88. The van der Waals surface area contributed by atoms with Crippen molar-refractivity contribution in [3.05, 3.63) is 55.9 Å². The number of primary amides is 1. The quantitative estimate of drug-likeness (QED) is 0.664. The Kier molecular flexibility index (Phi) is 4.20. The first-order valence-corrected chi connectivity index (χ1v) is 6.78. The highest BCUT2D eigenvalue weighted by Crippen LogP contribution is 2.27. The van der Waals surface area contributed by atoms with E-state index in [9.17, 15) is 19.7 Å². The van der Waals surface area contributed by atoms with E-state index in [-0.39, 0.29) is 21.8 Å². The van der Waals surface area contributed by atoms with Crippen molar-refractivity contribution in [3.63, 3.8) is 0 Å². The van der Waals surface area contributed by atoms with Crippen molar-refractivity contribution in [2.75, 3.05) is 5.32 Å². The van der Waals surface area contributed by atoms with E-state index >= 15 is 0 Å². The number of nitro benzene ring substituents is 1. The number of nitrogens with one attached hydrogen (secondary N) is 1. The largest absolute Gasteiger partial charge is 0.366 e. The molecule has 1 aromatic carbocycles. The van der Waals surface area contributed by atoms with Crippen molar-refractivity contribution >= 4 is 45.4 Å². The van der Waals surface area contributed by atoms with Crippen LogP contribution in [0.1, 0.15) is 20.7 Å². The summed E-state index contributed by atoms with van der Waals surface area (Å²) in [5, 5.41) is 14.9. The number of carbonyl (C=O) groups is 2. The minimum Gasteiger partial charge on any atom is -0.366 e. The highest BCUT2D eigenvalue weighted by molar-refractivity contribution is 7.14. The molecule has 0 fully saturated rings. The Balaban J connectivity index is 2.25. The van der Waals surface area contributed by atoms with Crippen LogP contribution in [0.25, 0.3) is 0 Å². The topological polar surface area (TPSA) is 115 Å². The Morgan fingerprint density at radius 3 is 2.62 bits per heavy atom. The van der Waals surface area contributed by atoms with Crippen molar-refractivity contribution in [2.24, 2.45) is 5.73 Å². The number of anilines is 1. The van der Waals surface area contributed by atoms with Gasteiger partial charge in [0, 0.05) is 11.6 Å². The van der Waals surface area contributed by atoms with Crippen LogP contribution in [0.4, 0.5) is 10.7 Å². The summed E-state index contributed by atoms with van der Waals surface area (Å²) in [4.78, 5) is 33.2. The molecule has 0 radical (unpaired) electrons. The predicted octanol–water partition coefficient (Wildman–Crippen LogP) is 2.66. The third kappa shape index (κ3) is 3.18. The molecule has 0 spiro atoms. The zero-order chi connectivity index (χ0) is 15.6. The maximum atomic E-state index is 12.0. The number of carbonyl (C=O) groups excluding carboxylic acids is 2. The van der Waals surface area contributed by atoms with Gasteiger partial charge >= 0.3 is 0 Å². The van der Waals surface area contributed by atoms with Gasteiger partial charge in [0.2, 0.25) is 0 Å². The van der Waals surface area contributed by atoms with E-state index in [1.807, 2.05) is 0 Å². The second-order valence-electron chi connectivity index (χ2n) is 3.91. The van der Waals surface area contributed by atoms with Crippen LogP contribution in [0.3, 0.4) is 0 Å². The lowest BCUT2D eigenvalue weighted by Gasteiger charge is -2.05. The lowest BCUT2D eigenvalue weighted by Crippen LogP contribution is -2.16. The molecule has 0 unspecified atom stereocenters. The summed E-state index contributed by atoms with van der Waals surface area (Å²) in [6.45, 7) is 0. The highest BCUT2D eigenvalue weighted by atomic mass is 35.5. The van der Waals surface area contributed by atoms with E-state index in [1.54, 1.807) is 5.38 Å². The second kappa shape index (κ2) is 5.90. The molecule has 0 atom stereocenters. The molecule has 1 aromatic heterocycles. The molecule has 3 N–H and O–H groups in total. The SMILES string of the molecule is NC(=O)c1ccsc1NC(=O)c1ccc([N+](=O)[O-])c(Cl)c1. The van der Waals surface area contributed by atoms with E-state index < -0.39 is 16.7 Å². The van der Waals surface area contributed by atoms with E-state index in [4.69, 9.17) is 17.3 Å². The maximum absolute atomic E-state index is 12.0. The van der Waals surface area contributed by atoms with Gasteiger partial charge in [-0.2, -0.15) is 0 Å². The van der Waals surface area contributed by atoms with E-state index in [2.05, 4.69) is 5.32 Å². The molecule has 2 amide bonds. The van der Waals surface area contributed by atoms with Crippen LogP contribution in [0.15, 0.2) is 29.6 Å². The second-order valence-corrected chi connectivity index (χ2v) is 5.23. The van der Waals surface area contributed by atoms with Gasteiger partial charge in [-0.15, -0.1) is 11.3 Å². The molecule has 0 bridgehead atoms. The standard InChI is InChI=1S/C12H8ClN3O4S/c13-8-5-6(1-2-9(8)16(19)20)11(18)15-12-7(10(14)17)3-4-21-12/h1-5H,(H2,14,17)(H,15,18). The zero-order valence-corrected chi connectivity index (χ0v) is 11.9. The van der Waals surface area contributed by atoms with Crippen LogP contribution >= 0.6 is 22.9 Å². The number of hydrogen-bond acceptors (Lipinski definition) is 5. The molecule has 1 heterocycles. The molecule has 0 aliphatic rings. The van der Waals surface area contributed by atoms with Crippen molar-refractivity contribution < 1.29 is 14.5 Å². The maximum Gasteiger partial charge on any atom is 0.287 e. The molecular weight excluding hydrogens is 318 g/mol. The van der Waals surface area contributed by atoms with E-state index in [0.717, 1.165) is 17.4 Å². The average Bonchev–Trinajstić information content (AvgIpc) is 2.86. The first kappa shape index (κ1) is 14.9. The summed E-state index contributed by atoms with van der Waals surface area (Å²) in [6.07, 6.45) is 0. The van der Waals surface area contributed by atoms with Gasteiger partial charge < -0.3 is 11.1 Å². The monoisotopic (exact) mass is 325 g/mol. The normalized spacial score (nSPS) is 10.1. The summed E-state index contributed by atoms with van der Waals surface area (Å²) < 4.78 is 0. The van der Waals surface area contributed by atoms with E-state index in [1.165, 1.54) is 18.2 Å². The zero-order valence-electron chi connectivity index (χ0n) is 10.3. The number of nitro groups is 1. The Morgan fingerprint density at radius 1 is 1.33 bits per heavy atom. The lowest BCUT2D eigenvalue weighted by atomic mass is 10.2. The van der Waals surface area contributed by atoms with Gasteiger partial charge in [0.1, 0.15) is 10.0 Å². The van der Waals surface area contributed by atoms with Gasteiger partial charge in [0.05, 0.1) is 10.5 Å². The number of halogens is 1. The van der Waals surface area contributed by atoms with Crippen molar-refractivity contribution in [3.8, 4) is 0 Å². The van der Waals surface area contributed by atoms with Gasteiger partial charge in [-0.05, 0) is 23.6 Å². The third-order valence-corrected chi connectivity index (χ3v) is 3.70. The van der Waals surface area contributed by atoms with Crippen molar-refractivity contribution in [1.82, 2.24) is 0 Å². The van der Waals surface area contributed by atoms with Crippen LogP contribution in [-0.2, 0) is 0 Å². The van der Waals surface area contributed by atoms with Gasteiger partial charge in [-0.25, -0.2) is 0 Å². The number of rotatable bonds is 4. The Hall–Kier alpha value is -2.45. The van der Waals surface area contributed by atoms with Crippen LogP contribution < -0.4 is 11.1 Å². The number of nitrogens with zero attached hydrogens (tertiary/aromatic N) is 1. The van der Waals surface area contributed by atoms with Crippen LogP contribution in [0.2, 0.25) is 5.02 Å². The molecule has 0 saturated carbocycles. The summed E-state index contributed by atoms with van der Waals surface area (Å²) in [5.74, 6) is -1.20. The van der Waals surface area contributed by atoms with Gasteiger partial charge in [0.15, 0.2) is 0 Å². The molecule has 0 aliphatic heterocycles. The Labute approximate surface area is 127 Å². The van der Waals surface area contributed by atoms with Crippen LogP contribution in [0, 0.1) is 10.1 Å². The molecule has 2 rings (SSSR count). The molecular formula is C12H8ClN3O4S. The minimum absolute atomic E-state index is 0.134. The first-order chi connectivity index (χ1) is 9.90. The smallest absolute Gasteiger partial charge is 0.287 e. The summed E-state index contributed by atoms with van der Waals surface area (Å²) in [6, 6.07) is 5.09. The lowest BCUT2D eigenvalue weighted by molar-refractivity contribution is -0.384. The van der Waals surface area contributed by atoms with Crippen LogP contribution in [-0.4, -0.2) is 16.7 Å².